The van der Waals surface area contributed by atoms with Crippen molar-refractivity contribution in [2.45, 2.75) is 44.9 Å². The monoisotopic (exact) mass is 655 g/mol. The highest BCUT2D eigenvalue weighted by molar-refractivity contribution is 7.17. The van der Waals surface area contributed by atoms with Gasteiger partial charge in [-0.25, -0.2) is 0 Å². The number of fused-ring (bicyclic) bond motifs is 1. The number of nitrogens with two attached hydrogens (primary N) is 2. The van der Waals surface area contributed by atoms with Gasteiger partial charge in [-0.1, -0.05) is 54.6 Å². The fraction of sp³-hybridized carbons (Fsp3) is 0.229. The Morgan fingerprint density at radius 2 is 1.50 bits per heavy atom. The molecule has 0 saturated heterocycles. The number of benzene rings is 3. The summed E-state index contributed by atoms with van der Waals surface area (Å²) in [6.07, 6.45) is 0.466. The summed E-state index contributed by atoms with van der Waals surface area (Å²) in [4.78, 5) is 41.3. The predicted molar refractivity (Wildman–Crippen MR) is 185 cm³/mol. The lowest BCUT2D eigenvalue weighted by atomic mass is 10.0. The first-order chi connectivity index (χ1) is 22.3. The second kappa shape index (κ2) is 15.5. The number of anilines is 1. The van der Waals surface area contributed by atoms with Crippen LogP contribution in [0.2, 0.25) is 0 Å². The Morgan fingerprint density at radius 3 is 2.20 bits per heavy atom. The molecule has 3 aromatic carbocycles. The average molecular weight is 656 g/mol. The molecule has 0 aliphatic carbocycles. The molecule has 2 atom stereocenters. The number of amides is 3. The van der Waals surface area contributed by atoms with E-state index in [1.54, 1.807) is 22.8 Å². The predicted octanol–water partition coefficient (Wildman–Crippen LogP) is 4.79. The molecule has 0 aliphatic heterocycles. The number of ether oxygens (including phenoxy) is 1. The summed E-state index contributed by atoms with van der Waals surface area (Å²) in [5.41, 5.74) is 15.7. The van der Waals surface area contributed by atoms with Crippen LogP contribution >= 0.6 is 22.7 Å². The van der Waals surface area contributed by atoms with Gasteiger partial charge in [0.15, 0.2) is 0 Å². The van der Waals surface area contributed by atoms with E-state index in [0.717, 1.165) is 32.3 Å². The van der Waals surface area contributed by atoms with Crippen molar-refractivity contribution in [3.8, 4) is 5.75 Å². The topological polar surface area (TPSA) is 149 Å². The summed E-state index contributed by atoms with van der Waals surface area (Å²) in [5, 5.41) is 13.6. The van der Waals surface area contributed by atoms with E-state index in [2.05, 4.69) is 16.0 Å². The van der Waals surface area contributed by atoms with E-state index in [4.69, 9.17) is 16.2 Å². The number of nitrogen functional groups attached to an aromatic ring is 1. The quantitative estimate of drug-likeness (QED) is 0.116. The first kappa shape index (κ1) is 32.7. The number of nitrogens with one attached hydrogen (secondary N) is 3. The van der Waals surface area contributed by atoms with E-state index in [-0.39, 0.29) is 25.3 Å². The molecule has 0 radical (unpaired) electrons. The minimum absolute atomic E-state index is 0.193. The van der Waals surface area contributed by atoms with E-state index in [1.807, 2.05) is 85.1 Å². The van der Waals surface area contributed by atoms with Crippen LogP contribution in [0.3, 0.4) is 0 Å². The molecular weight excluding hydrogens is 619 g/mol. The molecular formula is C35H37N5O4S2. The van der Waals surface area contributed by atoms with E-state index in [9.17, 15) is 14.4 Å². The van der Waals surface area contributed by atoms with Gasteiger partial charge < -0.3 is 32.2 Å². The van der Waals surface area contributed by atoms with Gasteiger partial charge in [0, 0.05) is 30.6 Å². The molecule has 7 N–H and O–H groups in total. The average Bonchev–Trinajstić information content (AvgIpc) is 3.70. The molecule has 46 heavy (non-hydrogen) atoms. The number of rotatable bonds is 14. The lowest BCUT2D eigenvalue weighted by molar-refractivity contribution is -0.130. The third-order valence-corrected chi connectivity index (χ3v) is 9.48. The second-order valence-electron chi connectivity index (χ2n) is 10.8. The van der Waals surface area contributed by atoms with Gasteiger partial charge in [-0.3, -0.25) is 14.4 Å². The zero-order valence-electron chi connectivity index (χ0n) is 25.5. The summed E-state index contributed by atoms with van der Waals surface area (Å²) < 4.78 is 6.65. The molecule has 11 heteroatoms. The van der Waals surface area contributed by atoms with Crippen LogP contribution < -0.4 is 32.2 Å². The molecule has 2 heterocycles. The smallest absolute Gasteiger partial charge is 0.264 e. The molecule has 0 saturated carbocycles. The molecule has 0 fully saturated rings. The van der Waals surface area contributed by atoms with Gasteiger partial charge in [-0.05, 0) is 69.6 Å². The number of hydrogen-bond acceptors (Lipinski definition) is 8. The Morgan fingerprint density at radius 1 is 0.804 bits per heavy atom. The van der Waals surface area contributed by atoms with Gasteiger partial charge in [0.1, 0.15) is 22.7 Å². The van der Waals surface area contributed by atoms with Crippen LogP contribution in [0.5, 0.6) is 5.75 Å². The largest absolute Gasteiger partial charge is 0.494 e. The number of thiophene rings is 2. The van der Waals surface area contributed by atoms with Crippen LogP contribution in [0.4, 0.5) is 5.69 Å². The third-order valence-electron chi connectivity index (χ3n) is 7.54. The molecule has 5 rings (SSSR count). The minimum Gasteiger partial charge on any atom is -0.494 e. The van der Waals surface area contributed by atoms with Crippen LogP contribution in [0.1, 0.15) is 38.8 Å². The summed E-state index contributed by atoms with van der Waals surface area (Å²) in [5.74, 6) is -0.561. The van der Waals surface area contributed by atoms with Crippen molar-refractivity contribution in [2.24, 2.45) is 5.73 Å². The van der Waals surface area contributed by atoms with Crippen molar-refractivity contribution >= 4 is 56.2 Å². The van der Waals surface area contributed by atoms with Crippen LogP contribution in [0.25, 0.3) is 10.1 Å². The van der Waals surface area contributed by atoms with Crippen LogP contribution in [-0.2, 0) is 35.5 Å². The molecule has 238 valence electrons. The third kappa shape index (κ3) is 8.30. The highest BCUT2D eigenvalue weighted by Gasteiger charge is 2.29. The first-order valence-corrected chi connectivity index (χ1v) is 16.8. The Hall–Kier alpha value is -4.71. The van der Waals surface area contributed by atoms with Gasteiger partial charge in [0.05, 0.1) is 12.3 Å². The fourth-order valence-corrected chi connectivity index (χ4v) is 6.76. The molecule has 2 aromatic heterocycles. The standard InChI is InChI=1S/C35H37N5O4S2/c1-2-44-26-13-11-22(12-14-26)17-29(40-35(43)32-28(37)15-16-45-32)34(42)39-30(18-25-21-46-31-6-4-3-5-27(25)31)33(41)38-20-24-9-7-23(19-36)8-10-24/h3-16,21,29-30H,2,17-20,36-37H2,1H3,(H,38,41)(H,39,42)(H,40,43)/t29-,30+/m1/s1. The SMILES string of the molecule is CCOc1ccc(C[C@@H](NC(=O)c2sccc2N)C(=O)N[C@@H](Cc2csc3ccccc23)C(=O)NCc2ccc(CN)cc2)cc1. The summed E-state index contributed by atoms with van der Waals surface area (Å²) in [7, 11) is 0. The summed E-state index contributed by atoms with van der Waals surface area (Å²) in [6, 6.07) is 22.8. The Bertz CT molecular complexity index is 1780. The maximum Gasteiger partial charge on any atom is 0.264 e. The van der Waals surface area contributed by atoms with Gasteiger partial charge in [-0.15, -0.1) is 22.7 Å². The van der Waals surface area contributed by atoms with E-state index in [1.165, 1.54) is 11.3 Å². The van der Waals surface area contributed by atoms with Gasteiger partial charge in [0.25, 0.3) is 5.91 Å². The van der Waals surface area contributed by atoms with Crippen LogP contribution in [-0.4, -0.2) is 36.4 Å². The van der Waals surface area contributed by atoms with Crippen molar-refractivity contribution in [1.29, 1.82) is 0 Å². The van der Waals surface area contributed by atoms with Crippen molar-refractivity contribution in [3.05, 3.63) is 117 Å². The lowest BCUT2D eigenvalue weighted by Gasteiger charge is -2.23. The minimum atomic E-state index is -0.981. The number of hydrogen-bond donors (Lipinski definition) is 5. The molecule has 5 aromatic rings. The van der Waals surface area contributed by atoms with E-state index < -0.39 is 23.9 Å². The van der Waals surface area contributed by atoms with Gasteiger partial charge in [0.2, 0.25) is 11.8 Å². The Kier molecular flexibility index (Phi) is 11.0. The second-order valence-corrected chi connectivity index (χ2v) is 12.6. The van der Waals surface area contributed by atoms with Crippen molar-refractivity contribution in [1.82, 2.24) is 16.0 Å². The number of carbonyl (C=O) groups is 3. The van der Waals surface area contributed by atoms with E-state index >= 15 is 0 Å². The normalized spacial score (nSPS) is 12.3. The number of carbonyl (C=O) groups excluding carboxylic acids is 3. The van der Waals surface area contributed by atoms with Crippen molar-refractivity contribution in [2.75, 3.05) is 12.3 Å². The molecule has 3 amide bonds. The highest BCUT2D eigenvalue weighted by Crippen LogP contribution is 2.27. The van der Waals surface area contributed by atoms with Crippen molar-refractivity contribution in [3.63, 3.8) is 0 Å². The summed E-state index contributed by atoms with van der Waals surface area (Å²) >= 11 is 2.79. The molecule has 0 unspecified atom stereocenters. The van der Waals surface area contributed by atoms with Gasteiger partial charge in [-0.2, -0.15) is 0 Å². The van der Waals surface area contributed by atoms with Crippen molar-refractivity contribution < 1.29 is 19.1 Å². The zero-order valence-corrected chi connectivity index (χ0v) is 27.1. The summed E-state index contributed by atoms with van der Waals surface area (Å²) in [6.45, 7) is 3.15. The molecule has 0 bridgehead atoms. The highest BCUT2D eigenvalue weighted by atomic mass is 32.1. The maximum absolute atomic E-state index is 14.0. The lowest BCUT2D eigenvalue weighted by Crippen LogP contribution is -2.55. The maximum atomic E-state index is 14.0. The van der Waals surface area contributed by atoms with E-state index in [0.29, 0.717) is 29.5 Å². The van der Waals surface area contributed by atoms with Gasteiger partial charge >= 0.3 is 0 Å². The van der Waals surface area contributed by atoms with Crippen LogP contribution in [0, 0.1) is 0 Å². The van der Waals surface area contributed by atoms with Crippen LogP contribution in [0.15, 0.2) is 89.6 Å². The Balaban J connectivity index is 1.38. The zero-order chi connectivity index (χ0) is 32.5. The molecule has 0 spiro atoms. The Labute approximate surface area is 276 Å². The first-order valence-electron chi connectivity index (χ1n) is 15.0. The fourth-order valence-electron chi connectivity index (χ4n) is 5.06. The molecule has 9 nitrogen and oxygen atoms in total. The molecule has 0 aliphatic rings.